The third kappa shape index (κ3) is 3.69. The van der Waals surface area contributed by atoms with Gasteiger partial charge in [0.15, 0.2) is 5.96 Å². The lowest BCUT2D eigenvalue weighted by atomic mass is 9.63. The topological polar surface area (TPSA) is 50.8 Å². The molecule has 0 amide bonds. The van der Waals surface area contributed by atoms with Gasteiger partial charge in [0.25, 0.3) is 0 Å². The molecule has 1 aromatic carbocycles. The molecule has 1 aromatic rings. The number of rotatable bonds is 2. The lowest BCUT2D eigenvalue weighted by Crippen LogP contribution is -2.48. The first-order chi connectivity index (χ1) is 9.67. The molecular weight excluding hydrogens is 377 g/mol. The molecule has 2 N–H and O–H groups in total. The Morgan fingerprint density at radius 2 is 1.86 bits per heavy atom. The van der Waals surface area contributed by atoms with Crippen LogP contribution in [0.5, 0.6) is 0 Å². The Morgan fingerprint density at radius 1 is 1.24 bits per heavy atom. The highest BCUT2D eigenvalue weighted by Crippen LogP contribution is 2.44. The third-order valence-corrected chi connectivity index (χ3v) is 4.49. The van der Waals surface area contributed by atoms with Gasteiger partial charge in [-0.3, -0.25) is 0 Å². The van der Waals surface area contributed by atoms with Crippen LogP contribution in [0.4, 0.5) is 0 Å². The van der Waals surface area contributed by atoms with Gasteiger partial charge in [-0.05, 0) is 23.8 Å². The maximum Gasteiger partial charge on any atom is 0.191 e. The molecule has 0 unspecified atom stereocenters. The van der Waals surface area contributed by atoms with Crippen LogP contribution in [-0.4, -0.2) is 43.2 Å². The average Bonchev–Trinajstić information content (AvgIpc) is 2.47. The van der Waals surface area contributed by atoms with Crippen LogP contribution in [-0.2, 0) is 10.2 Å². The van der Waals surface area contributed by atoms with Gasteiger partial charge in [-0.15, -0.1) is 24.0 Å². The summed E-state index contributed by atoms with van der Waals surface area (Å²) in [5, 5.41) is 0. The number of halogens is 1. The average molecular weight is 401 g/mol. The van der Waals surface area contributed by atoms with Crippen LogP contribution in [0.2, 0.25) is 0 Å². The number of guanidine groups is 1. The Morgan fingerprint density at radius 3 is 2.48 bits per heavy atom. The van der Waals surface area contributed by atoms with E-state index in [-0.39, 0.29) is 29.4 Å². The zero-order chi connectivity index (χ0) is 14.0. The van der Waals surface area contributed by atoms with E-state index in [1.165, 1.54) is 5.56 Å². The fraction of sp³-hybridized carbons (Fsp3) is 0.562. The highest BCUT2D eigenvalue weighted by molar-refractivity contribution is 14.0. The van der Waals surface area contributed by atoms with Crippen molar-refractivity contribution in [1.29, 1.82) is 0 Å². The fourth-order valence-corrected chi connectivity index (χ4v) is 3.21. The highest BCUT2D eigenvalue weighted by Gasteiger charge is 2.41. The first kappa shape index (κ1) is 16.5. The van der Waals surface area contributed by atoms with Crippen molar-refractivity contribution in [3.8, 4) is 0 Å². The second-order valence-corrected chi connectivity index (χ2v) is 6.08. The minimum Gasteiger partial charge on any atom is -0.378 e. The minimum absolute atomic E-state index is 0. The molecule has 116 valence electrons. The molecule has 0 radical (unpaired) electrons. The van der Waals surface area contributed by atoms with E-state index in [0.717, 1.165) is 39.1 Å². The molecule has 1 saturated heterocycles. The maximum atomic E-state index is 6.11. The molecule has 3 rings (SSSR count). The smallest absolute Gasteiger partial charge is 0.191 e. The normalized spacial score (nSPS) is 29.5. The van der Waals surface area contributed by atoms with Crippen LogP contribution < -0.4 is 5.73 Å². The monoisotopic (exact) mass is 401 g/mol. The van der Waals surface area contributed by atoms with Crippen LogP contribution in [0.15, 0.2) is 35.3 Å². The number of ether oxygens (including phenoxy) is 1. The molecule has 1 heterocycles. The van der Waals surface area contributed by atoms with E-state index in [0.29, 0.717) is 12.0 Å². The van der Waals surface area contributed by atoms with Crippen LogP contribution in [0.25, 0.3) is 0 Å². The molecule has 0 aromatic heterocycles. The van der Waals surface area contributed by atoms with E-state index in [2.05, 4.69) is 42.2 Å². The van der Waals surface area contributed by atoms with Gasteiger partial charge >= 0.3 is 0 Å². The van der Waals surface area contributed by atoms with Crippen LogP contribution >= 0.6 is 24.0 Å². The number of nitrogens with zero attached hydrogens (tertiary/aromatic N) is 2. The van der Waals surface area contributed by atoms with Crippen LogP contribution in [0, 0.1) is 0 Å². The van der Waals surface area contributed by atoms with Gasteiger partial charge in [0.2, 0.25) is 0 Å². The lowest BCUT2D eigenvalue weighted by molar-refractivity contribution is 0.0669. The molecule has 4 nitrogen and oxygen atoms in total. The molecule has 5 heteroatoms. The van der Waals surface area contributed by atoms with Crippen molar-refractivity contribution < 1.29 is 4.74 Å². The van der Waals surface area contributed by atoms with E-state index in [1.54, 1.807) is 0 Å². The summed E-state index contributed by atoms with van der Waals surface area (Å²) in [4.78, 5) is 6.82. The zero-order valence-corrected chi connectivity index (χ0v) is 14.8. The number of hydrogen-bond donors (Lipinski definition) is 1. The van der Waals surface area contributed by atoms with Gasteiger partial charge in [-0.2, -0.15) is 0 Å². The summed E-state index contributed by atoms with van der Waals surface area (Å²) >= 11 is 0. The van der Waals surface area contributed by atoms with Crippen LogP contribution in [0.3, 0.4) is 0 Å². The SMILES string of the molecule is CC1(c2ccccc2)CC(N=C(N)N2CCOCC2)C1.I. The number of nitrogens with two attached hydrogens (primary N) is 1. The Balaban J connectivity index is 0.00000161. The molecule has 1 saturated carbocycles. The van der Waals surface area contributed by atoms with E-state index < -0.39 is 0 Å². The van der Waals surface area contributed by atoms with E-state index >= 15 is 0 Å². The van der Waals surface area contributed by atoms with E-state index in [1.807, 2.05) is 0 Å². The summed E-state index contributed by atoms with van der Waals surface area (Å²) in [5.74, 6) is 0.688. The quantitative estimate of drug-likeness (QED) is 0.471. The summed E-state index contributed by atoms with van der Waals surface area (Å²) < 4.78 is 5.33. The Bertz CT molecular complexity index is 480. The highest BCUT2D eigenvalue weighted by atomic mass is 127. The molecule has 0 bridgehead atoms. The van der Waals surface area contributed by atoms with Crippen molar-refractivity contribution in [1.82, 2.24) is 4.90 Å². The Hall–Kier alpha value is -0.820. The summed E-state index contributed by atoms with van der Waals surface area (Å²) in [5.41, 5.74) is 7.78. The standard InChI is InChI=1S/C16H23N3O.HI/c1-16(13-5-3-2-4-6-13)11-14(12-16)18-15(17)19-7-9-20-10-8-19;/h2-6,14H,7-12H2,1H3,(H2,17,18);1H. The second kappa shape index (κ2) is 6.96. The van der Waals surface area contributed by atoms with Crippen molar-refractivity contribution in [3.63, 3.8) is 0 Å². The molecule has 0 atom stereocenters. The largest absolute Gasteiger partial charge is 0.378 e. The third-order valence-electron chi connectivity index (χ3n) is 4.49. The first-order valence-electron chi connectivity index (χ1n) is 7.39. The van der Waals surface area contributed by atoms with Crippen molar-refractivity contribution in [2.24, 2.45) is 10.7 Å². The number of hydrogen-bond acceptors (Lipinski definition) is 2. The fourth-order valence-electron chi connectivity index (χ4n) is 3.21. The molecule has 1 aliphatic heterocycles. The summed E-state index contributed by atoms with van der Waals surface area (Å²) in [6.45, 7) is 5.54. The van der Waals surface area contributed by atoms with Gasteiger partial charge in [-0.1, -0.05) is 37.3 Å². The van der Waals surface area contributed by atoms with Crippen LogP contribution in [0.1, 0.15) is 25.3 Å². The zero-order valence-electron chi connectivity index (χ0n) is 12.5. The molecule has 2 aliphatic rings. The van der Waals surface area contributed by atoms with Gasteiger partial charge in [-0.25, -0.2) is 4.99 Å². The summed E-state index contributed by atoms with van der Waals surface area (Å²) in [6, 6.07) is 11.1. The summed E-state index contributed by atoms with van der Waals surface area (Å²) in [7, 11) is 0. The van der Waals surface area contributed by atoms with Crippen molar-refractivity contribution in [3.05, 3.63) is 35.9 Å². The van der Waals surface area contributed by atoms with Crippen molar-refractivity contribution >= 4 is 29.9 Å². The van der Waals surface area contributed by atoms with E-state index in [4.69, 9.17) is 15.5 Å². The molecule has 1 aliphatic carbocycles. The Labute approximate surface area is 143 Å². The predicted octanol–water partition coefficient (Wildman–Crippen LogP) is 2.37. The molecule has 2 fully saturated rings. The number of aliphatic imine (C=N–C) groups is 1. The molecule has 0 spiro atoms. The van der Waals surface area contributed by atoms with E-state index in [9.17, 15) is 0 Å². The number of benzene rings is 1. The Kier molecular flexibility index (Phi) is 5.48. The number of morpholine rings is 1. The molecule has 21 heavy (non-hydrogen) atoms. The van der Waals surface area contributed by atoms with Gasteiger partial charge in [0.1, 0.15) is 0 Å². The lowest BCUT2D eigenvalue weighted by Gasteiger charge is -2.44. The predicted molar refractivity (Wildman–Crippen MR) is 96.2 cm³/mol. The minimum atomic E-state index is 0. The molecular formula is C16H24IN3O. The first-order valence-corrected chi connectivity index (χ1v) is 7.39. The summed E-state index contributed by atoms with van der Waals surface area (Å²) in [6.07, 6.45) is 2.17. The maximum absolute atomic E-state index is 6.11. The van der Waals surface area contributed by atoms with Crippen molar-refractivity contribution in [2.45, 2.75) is 31.2 Å². The second-order valence-electron chi connectivity index (χ2n) is 6.08. The van der Waals surface area contributed by atoms with Gasteiger partial charge in [0, 0.05) is 13.1 Å². The van der Waals surface area contributed by atoms with Gasteiger partial charge < -0.3 is 15.4 Å². The van der Waals surface area contributed by atoms with Gasteiger partial charge in [0.05, 0.1) is 19.3 Å². The van der Waals surface area contributed by atoms with Crippen molar-refractivity contribution in [2.75, 3.05) is 26.3 Å².